The van der Waals surface area contributed by atoms with Crippen LogP contribution in [0, 0.1) is 11.8 Å². The van der Waals surface area contributed by atoms with Crippen molar-refractivity contribution in [3.8, 4) is 0 Å². The Morgan fingerprint density at radius 3 is 2.33 bits per heavy atom. The van der Waals surface area contributed by atoms with Gasteiger partial charge in [0.2, 0.25) is 0 Å². The van der Waals surface area contributed by atoms with Crippen molar-refractivity contribution < 1.29 is 0 Å². The fraction of sp³-hybridized carbons (Fsp3) is 1.00. The molecule has 1 saturated carbocycles. The van der Waals surface area contributed by atoms with Gasteiger partial charge in [-0.1, -0.05) is 27.2 Å². The van der Waals surface area contributed by atoms with Gasteiger partial charge in [0.15, 0.2) is 0 Å². The van der Waals surface area contributed by atoms with Gasteiger partial charge < -0.3 is 5.73 Å². The van der Waals surface area contributed by atoms with Crippen LogP contribution in [0.5, 0.6) is 0 Å². The number of hydrogen-bond donors (Lipinski definition) is 1. The largest absolute Gasteiger partial charge is 0.329 e. The standard InChI is InChI=1S/C13H28N2/c1-4-15(10-12-6-5-7-12)13(9-14)8-11(2)3/h11-13H,4-10,14H2,1-3H3. The molecule has 1 unspecified atom stereocenters. The topological polar surface area (TPSA) is 29.3 Å². The van der Waals surface area contributed by atoms with Gasteiger partial charge in [-0.05, 0) is 37.6 Å². The zero-order chi connectivity index (χ0) is 11.3. The van der Waals surface area contributed by atoms with Crippen LogP contribution >= 0.6 is 0 Å². The van der Waals surface area contributed by atoms with Crippen molar-refractivity contribution in [3.63, 3.8) is 0 Å². The fourth-order valence-electron chi connectivity index (χ4n) is 2.48. The predicted octanol–water partition coefficient (Wildman–Crippen LogP) is 2.48. The summed E-state index contributed by atoms with van der Waals surface area (Å²) in [6, 6.07) is 0.607. The van der Waals surface area contributed by atoms with Crippen LogP contribution in [0.2, 0.25) is 0 Å². The average Bonchev–Trinajstić information content (AvgIpc) is 2.13. The van der Waals surface area contributed by atoms with E-state index < -0.39 is 0 Å². The van der Waals surface area contributed by atoms with Crippen LogP contribution in [0.1, 0.15) is 46.5 Å². The van der Waals surface area contributed by atoms with E-state index in [1.54, 1.807) is 0 Å². The summed E-state index contributed by atoms with van der Waals surface area (Å²) in [5.41, 5.74) is 5.89. The highest BCUT2D eigenvalue weighted by Crippen LogP contribution is 2.28. The van der Waals surface area contributed by atoms with Crippen molar-refractivity contribution >= 4 is 0 Å². The van der Waals surface area contributed by atoms with Crippen molar-refractivity contribution in [2.24, 2.45) is 17.6 Å². The van der Waals surface area contributed by atoms with E-state index in [9.17, 15) is 0 Å². The lowest BCUT2D eigenvalue weighted by molar-refractivity contribution is 0.128. The van der Waals surface area contributed by atoms with Gasteiger partial charge in [0, 0.05) is 19.1 Å². The summed E-state index contributed by atoms with van der Waals surface area (Å²) in [6.07, 6.45) is 5.57. The van der Waals surface area contributed by atoms with Crippen molar-refractivity contribution in [1.29, 1.82) is 0 Å². The van der Waals surface area contributed by atoms with E-state index in [0.29, 0.717) is 6.04 Å². The Bertz CT molecular complexity index is 164. The first-order valence-corrected chi connectivity index (χ1v) is 6.61. The van der Waals surface area contributed by atoms with Crippen LogP contribution < -0.4 is 5.73 Å². The Hall–Kier alpha value is -0.0800. The molecule has 0 radical (unpaired) electrons. The Labute approximate surface area is 95.2 Å². The second kappa shape index (κ2) is 6.49. The molecule has 1 atom stereocenters. The Balaban J connectivity index is 2.37. The lowest BCUT2D eigenvalue weighted by Gasteiger charge is -2.37. The zero-order valence-corrected chi connectivity index (χ0v) is 10.7. The summed E-state index contributed by atoms with van der Waals surface area (Å²) in [4.78, 5) is 2.60. The zero-order valence-electron chi connectivity index (χ0n) is 10.7. The molecule has 0 spiro atoms. The molecule has 1 aliphatic rings. The highest BCUT2D eigenvalue weighted by molar-refractivity contribution is 4.79. The minimum atomic E-state index is 0.607. The average molecular weight is 212 g/mol. The minimum Gasteiger partial charge on any atom is -0.329 e. The number of likely N-dealkylation sites (N-methyl/N-ethyl adjacent to an activating group) is 1. The van der Waals surface area contributed by atoms with Crippen LogP contribution in [0.25, 0.3) is 0 Å². The Kier molecular flexibility index (Phi) is 5.62. The smallest absolute Gasteiger partial charge is 0.0220 e. The molecular formula is C13H28N2. The summed E-state index contributed by atoms with van der Waals surface area (Å²) in [7, 11) is 0. The van der Waals surface area contributed by atoms with Crippen molar-refractivity contribution in [3.05, 3.63) is 0 Å². The molecule has 2 heteroatoms. The second-order valence-corrected chi connectivity index (χ2v) is 5.40. The van der Waals surface area contributed by atoms with Crippen LogP contribution in [-0.4, -0.2) is 30.6 Å². The lowest BCUT2D eigenvalue weighted by Crippen LogP contribution is -2.44. The Morgan fingerprint density at radius 1 is 1.33 bits per heavy atom. The van der Waals surface area contributed by atoms with Crippen molar-refractivity contribution in [1.82, 2.24) is 4.90 Å². The summed E-state index contributed by atoms with van der Waals surface area (Å²) in [6.45, 7) is 10.1. The highest BCUT2D eigenvalue weighted by atomic mass is 15.2. The number of nitrogens with zero attached hydrogens (tertiary/aromatic N) is 1. The molecule has 2 nitrogen and oxygen atoms in total. The first-order valence-electron chi connectivity index (χ1n) is 6.61. The lowest BCUT2D eigenvalue weighted by atomic mass is 9.84. The summed E-state index contributed by atoms with van der Waals surface area (Å²) in [5.74, 6) is 1.72. The number of rotatable bonds is 7. The molecule has 1 rings (SSSR count). The molecule has 0 bridgehead atoms. The third-order valence-electron chi connectivity index (χ3n) is 3.66. The molecule has 0 heterocycles. The summed E-state index contributed by atoms with van der Waals surface area (Å²) < 4.78 is 0. The second-order valence-electron chi connectivity index (χ2n) is 5.40. The summed E-state index contributed by atoms with van der Waals surface area (Å²) in [5, 5.41) is 0. The molecule has 1 fully saturated rings. The van der Waals surface area contributed by atoms with E-state index in [-0.39, 0.29) is 0 Å². The molecule has 15 heavy (non-hydrogen) atoms. The van der Waals surface area contributed by atoms with E-state index >= 15 is 0 Å². The third-order valence-corrected chi connectivity index (χ3v) is 3.66. The van der Waals surface area contributed by atoms with Gasteiger partial charge in [0.05, 0.1) is 0 Å². The van der Waals surface area contributed by atoms with Crippen LogP contribution in [0.4, 0.5) is 0 Å². The molecule has 1 aliphatic carbocycles. The Morgan fingerprint density at radius 2 is 2.00 bits per heavy atom. The van der Waals surface area contributed by atoms with Gasteiger partial charge in [-0.3, -0.25) is 4.90 Å². The molecule has 2 N–H and O–H groups in total. The van der Waals surface area contributed by atoms with E-state index in [0.717, 1.165) is 24.9 Å². The maximum absolute atomic E-state index is 5.89. The minimum absolute atomic E-state index is 0.607. The maximum atomic E-state index is 5.89. The highest BCUT2D eigenvalue weighted by Gasteiger charge is 2.24. The summed E-state index contributed by atoms with van der Waals surface area (Å²) >= 11 is 0. The molecule has 0 aromatic heterocycles. The molecule has 0 aromatic rings. The van der Waals surface area contributed by atoms with E-state index in [2.05, 4.69) is 25.7 Å². The first kappa shape index (κ1) is 13.0. The van der Waals surface area contributed by atoms with E-state index in [1.165, 1.54) is 32.2 Å². The normalized spacial score (nSPS) is 19.6. The molecule has 0 aliphatic heterocycles. The van der Waals surface area contributed by atoms with Gasteiger partial charge >= 0.3 is 0 Å². The number of nitrogens with two attached hydrogens (primary N) is 1. The predicted molar refractivity (Wildman–Crippen MR) is 66.9 cm³/mol. The SMILES string of the molecule is CCN(CC1CCC1)C(CN)CC(C)C. The molecule has 90 valence electrons. The first-order chi connectivity index (χ1) is 7.17. The molecular weight excluding hydrogens is 184 g/mol. The van der Waals surface area contributed by atoms with E-state index in [1.807, 2.05) is 0 Å². The van der Waals surface area contributed by atoms with Crippen LogP contribution in [0.3, 0.4) is 0 Å². The van der Waals surface area contributed by atoms with Crippen LogP contribution in [-0.2, 0) is 0 Å². The molecule has 0 aromatic carbocycles. The monoisotopic (exact) mass is 212 g/mol. The van der Waals surface area contributed by atoms with Gasteiger partial charge in [0.25, 0.3) is 0 Å². The fourth-order valence-corrected chi connectivity index (χ4v) is 2.48. The van der Waals surface area contributed by atoms with Crippen molar-refractivity contribution in [2.45, 2.75) is 52.5 Å². The van der Waals surface area contributed by atoms with Crippen LogP contribution in [0.15, 0.2) is 0 Å². The quantitative estimate of drug-likeness (QED) is 0.702. The maximum Gasteiger partial charge on any atom is 0.0220 e. The third kappa shape index (κ3) is 4.12. The van der Waals surface area contributed by atoms with Gasteiger partial charge in [0.1, 0.15) is 0 Å². The van der Waals surface area contributed by atoms with Crippen molar-refractivity contribution in [2.75, 3.05) is 19.6 Å². The molecule has 0 saturated heterocycles. The number of hydrogen-bond acceptors (Lipinski definition) is 2. The van der Waals surface area contributed by atoms with Gasteiger partial charge in [-0.25, -0.2) is 0 Å². The molecule has 0 amide bonds. The van der Waals surface area contributed by atoms with E-state index in [4.69, 9.17) is 5.73 Å². The van der Waals surface area contributed by atoms with Gasteiger partial charge in [-0.15, -0.1) is 0 Å². The van der Waals surface area contributed by atoms with Gasteiger partial charge in [-0.2, -0.15) is 0 Å².